The highest BCUT2D eigenvalue weighted by molar-refractivity contribution is 6.05. The zero-order valence-electron chi connectivity index (χ0n) is 14.4. The van der Waals surface area contributed by atoms with Crippen molar-refractivity contribution in [2.45, 2.75) is 44.6 Å². The Hall–Kier alpha value is -2.89. The summed E-state index contributed by atoms with van der Waals surface area (Å²) >= 11 is 0. The summed E-state index contributed by atoms with van der Waals surface area (Å²) in [6, 6.07) is 7.86. The molecule has 1 saturated carbocycles. The lowest BCUT2D eigenvalue weighted by Gasteiger charge is -2.16. The minimum Gasteiger partial charge on any atom is -0.364 e. The molecule has 1 aliphatic heterocycles. The van der Waals surface area contributed by atoms with Gasteiger partial charge in [-0.1, -0.05) is 5.16 Å². The van der Waals surface area contributed by atoms with E-state index >= 15 is 0 Å². The summed E-state index contributed by atoms with van der Waals surface area (Å²) < 4.78 is 7.31. The van der Waals surface area contributed by atoms with Gasteiger partial charge in [0.25, 0.3) is 5.91 Å². The van der Waals surface area contributed by atoms with Crippen molar-refractivity contribution in [3.63, 3.8) is 0 Å². The van der Waals surface area contributed by atoms with Crippen molar-refractivity contribution in [2.24, 2.45) is 0 Å². The van der Waals surface area contributed by atoms with Gasteiger partial charge in [0.2, 0.25) is 0 Å². The molecule has 6 nitrogen and oxygen atoms in total. The van der Waals surface area contributed by atoms with Gasteiger partial charge in [-0.05, 0) is 56.4 Å². The lowest BCUT2D eigenvalue weighted by molar-refractivity contribution is 0.102. The van der Waals surface area contributed by atoms with Gasteiger partial charge < -0.3 is 14.4 Å². The molecule has 1 N–H and O–H groups in total. The first-order valence-corrected chi connectivity index (χ1v) is 9.20. The average Bonchev–Trinajstić information content (AvgIpc) is 3.24. The summed E-state index contributed by atoms with van der Waals surface area (Å²) in [5, 5.41) is 6.92. The quantitative estimate of drug-likeness (QED) is 0.773. The van der Waals surface area contributed by atoms with Crippen molar-refractivity contribution in [1.82, 2.24) is 14.7 Å². The average molecular weight is 348 g/mol. The smallest absolute Gasteiger partial charge is 0.260 e. The first-order valence-electron chi connectivity index (χ1n) is 9.20. The van der Waals surface area contributed by atoms with E-state index in [0.29, 0.717) is 11.5 Å². The Kier molecular flexibility index (Phi) is 3.62. The standard InChI is InChI=1S/C20H20N4O2/c25-20(17-12-26-23-18(17)13-4-5-13)22-15-8-6-14(7-9-15)19-21-11-16-3-1-2-10-24(16)19/h6-9,11-13H,1-5,10H2,(H,22,25). The zero-order valence-corrected chi connectivity index (χ0v) is 14.4. The Balaban J connectivity index is 1.34. The number of nitrogens with zero attached hydrogens (tertiary/aromatic N) is 3. The molecule has 5 rings (SSSR count). The lowest BCUT2D eigenvalue weighted by Crippen LogP contribution is -2.13. The van der Waals surface area contributed by atoms with E-state index in [9.17, 15) is 4.79 Å². The van der Waals surface area contributed by atoms with E-state index in [1.807, 2.05) is 30.5 Å². The first kappa shape index (κ1) is 15.4. The van der Waals surface area contributed by atoms with E-state index in [2.05, 4.69) is 20.0 Å². The van der Waals surface area contributed by atoms with Crippen LogP contribution in [-0.4, -0.2) is 20.6 Å². The van der Waals surface area contributed by atoms with E-state index in [-0.39, 0.29) is 5.91 Å². The number of hydrogen-bond acceptors (Lipinski definition) is 4. The molecular formula is C20H20N4O2. The molecule has 0 saturated heterocycles. The third-order valence-electron chi connectivity index (χ3n) is 5.21. The fraction of sp³-hybridized carbons (Fsp3) is 0.350. The van der Waals surface area contributed by atoms with Crippen molar-refractivity contribution in [3.05, 3.63) is 53.7 Å². The van der Waals surface area contributed by atoms with Gasteiger partial charge in [0.1, 0.15) is 17.7 Å². The molecule has 1 aromatic carbocycles. The molecule has 3 aromatic rings. The predicted molar refractivity (Wildman–Crippen MR) is 97.0 cm³/mol. The normalized spacial score (nSPS) is 16.3. The Labute approximate surface area is 151 Å². The molecule has 3 heterocycles. The molecule has 2 aliphatic rings. The fourth-order valence-corrected chi connectivity index (χ4v) is 3.63. The minimum atomic E-state index is -0.168. The highest BCUT2D eigenvalue weighted by Crippen LogP contribution is 2.40. The van der Waals surface area contributed by atoms with Crippen LogP contribution < -0.4 is 5.32 Å². The maximum absolute atomic E-state index is 12.5. The molecule has 1 amide bonds. The van der Waals surface area contributed by atoms with Crippen LogP contribution in [0.5, 0.6) is 0 Å². The van der Waals surface area contributed by atoms with Gasteiger partial charge in [0.15, 0.2) is 0 Å². The molecule has 132 valence electrons. The van der Waals surface area contributed by atoms with Gasteiger partial charge in [-0.2, -0.15) is 0 Å². The van der Waals surface area contributed by atoms with Gasteiger partial charge in [-0.25, -0.2) is 4.98 Å². The predicted octanol–water partition coefficient (Wildman–Crippen LogP) is 4.00. The Bertz CT molecular complexity index is 951. The van der Waals surface area contributed by atoms with Gasteiger partial charge in [-0.3, -0.25) is 4.79 Å². The van der Waals surface area contributed by atoms with Gasteiger partial charge in [0.05, 0.1) is 5.69 Å². The number of hydrogen-bond donors (Lipinski definition) is 1. The fourth-order valence-electron chi connectivity index (χ4n) is 3.63. The molecule has 0 radical (unpaired) electrons. The first-order chi connectivity index (χ1) is 12.8. The van der Waals surface area contributed by atoms with Crippen LogP contribution in [0.4, 0.5) is 5.69 Å². The molecule has 0 spiro atoms. The van der Waals surface area contributed by atoms with E-state index in [1.54, 1.807) is 0 Å². The Morgan fingerprint density at radius 1 is 1.19 bits per heavy atom. The molecule has 6 heteroatoms. The Morgan fingerprint density at radius 3 is 2.85 bits per heavy atom. The minimum absolute atomic E-state index is 0.168. The molecule has 0 bridgehead atoms. The van der Waals surface area contributed by atoms with Crippen LogP contribution in [0.15, 0.2) is 41.2 Å². The number of fused-ring (bicyclic) bond motifs is 1. The van der Waals surface area contributed by atoms with Crippen LogP contribution in [0.25, 0.3) is 11.4 Å². The van der Waals surface area contributed by atoms with Crippen LogP contribution >= 0.6 is 0 Å². The summed E-state index contributed by atoms with van der Waals surface area (Å²) in [7, 11) is 0. The number of rotatable bonds is 4. The van der Waals surface area contributed by atoms with Crippen molar-refractivity contribution in [2.75, 3.05) is 5.32 Å². The number of amides is 1. The van der Waals surface area contributed by atoms with Crippen molar-refractivity contribution >= 4 is 11.6 Å². The van der Waals surface area contributed by atoms with Gasteiger partial charge >= 0.3 is 0 Å². The number of nitrogens with one attached hydrogen (secondary N) is 1. The summed E-state index contributed by atoms with van der Waals surface area (Å²) in [6.07, 6.45) is 9.12. The van der Waals surface area contributed by atoms with Crippen LogP contribution in [0.2, 0.25) is 0 Å². The van der Waals surface area contributed by atoms with Crippen LogP contribution in [-0.2, 0) is 13.0 Å². The monoisotopic (exact) mass is 348 g/mol. The van der Waals surface area contributed by atoms with Gasteiger partial charge in [-0.15, -0.1) is 0 Å². The molecule has 0 atom stereocenters. The third kappa shape index (κ3) is 2.71. The highest BCUT2D eigenvalue weighted by Gasteiger charge is 2.31. The zero-order chi connectivity index (χ0) is 17.5. The summed E-state index contributed by atoms with van der Waals surface area (Å²) in [6.45, 7) is 1.03. The maximum Gasteiger partial charge on any atom is 0.260 e. The number of carbonyl (C=O) groups is 1. The number of imidazole rings is 1. The second kappa shape index (κ2) is 6.12. The van der Waals surface area contributed by atoms with Crippen LogP contribution in [0.1, 0.15) is 53.3 Å². The van der Waals surface area contributed by atoms with Crippen LogP contribution in [0, 0.1) is 0 Å². The van der Waals surface area contributed by atoms with E-state index < -0.39 is 0 Å². The Morgan fingerprint density at radius 2 is 2.04 bits per heavy atom. The van der Waals surface area contributed by atoms with Gasteiger partial charge in [0, 0.05) is 35.6 Å². The molecular weight excluding hydrogens is 328 g/mol. The second-order valence-electron chi connectivity index (χ2n) is 7.10. The third-order valence-corrected chi connectivity index (χ3v) is 5.21. The molecule has 0 unspecified atom stereocenters. The molecule has 1 aliphatic carbocycles. The largest absolute Gasteiger partial charge is 0.364 e. The number of benzene rings is 1. The molecule has 1 fully saturated rings. The SMILES string of the molecule is O=C(Nc1ccc(-c2ncc3n2CCCC3)cc1)c1conc1C1CC1. The van der Waals surface area contributed by atoms with Crippen molar-refractivity contribution in [3.8, 4) is 11.4 Å². The number of anilines is 1. The van der Waals surface area contributed by atoms with Crippen LogP contribution in [0.3, 0.4) is 0 Å². The topological polar surface area (TPSA) is 73.0 Å². The molecule has 26 heavy (non-hydrogen) atoms. The van der Waals surface area contributed by atoms with E-state index in [0.717, 1.165) is 48.6 Å². The summed E-state index contributed by atoms with van der Waals surface area (Å²) in [5.74, 6) is 1.22. The summed E-state index contributed by atoms with van der Waals surface area (Å²) in [4.78, 5) is 17.1. The highest BCUT2D eigenvalue weighted by atomic mass is 16.5. The molecule has 2 aromatic heterocycles. The van der Waals surface area contributed by atoms with E-state index in [1.165, 1.54) is 24.8 Å². The summed E-state index contributed by atoms with van der Waals surface area (Å²) in [5.41, 5.74) is 4.46. The van der Waals surface area contributed by atoms with Crippen molar-refractivity contribution in [1.29, 1.82) is 0 Å². The number of carbonyl (C=O) groups excluding carboxylic acids is 1. The number of aromatic nitrogens is 3. The van der Waals surface area contributed by atoms with E-state index in [4.69, 9.17) is 4.52 Å². The lowest BCUT2D eigenvalue weighted by atomic mass is 10.1. The maximum atomic E-state index is 12.5. The number of aryl methyl sites for hydroxylation is 1. The van der Waals surface area contributed by atoms with Crippen molar-refractivity contribution < 1.29 is 9.32 Å². The second-order valence-corrected chi connectivity index (χ2v) is 7.10.